The lowest BCUT2D eigenvalue weighted by Crippen LogP contribution is -2.34. The van der Waals surface area contributed by atoms with Gasteiger partial charge in [0.1, 0.15) is 12.4 Å². The molecule has 0 aromatic heterocycles. The van der Waals surface area contributed by atoms with Crippen molar-refractivity contribution in [3.8, 4) is 5.75 Å². The van der Waals surface area contributed by atoms with E-state index >= 15 is 0 Å². The summed E-state index contributed by atoms with van der Waals surface area (Å²) in [7, 11) is 0. The number of nitro benzene ring substituents is 1. The van der Waals surface area contributed by atoms with E-state index in [1.807, 2.05) is 13.8 Å². The van der Waals surface area contributed by atoms with Crippen molar-refractivity contribution in [1.29, 1.82) is 0 Å². The summed E-state index contributed by atoms with van der Waals surface area (Å²) in [6.07, 6.45) is 1.22. The molecule has 0 aliphatic heterocycles. The van der Waals surface area contributed by atoms with Crippen LogP contribution in [-0.2, 0) is 0 Å². The van der Waals surface area contributed by atoms with Crippen molar-refractivity contribution in [2.45, 2.75) is 32.3 Å². The van der Waals surface area contributed by atoms with Crippen molar-refractivity contribution in [3.05, 3.63) is 34.4 Å². The number of ether oxygens (including phenoxy) is 1. The molecule has 1 rings (SSSR count). The third kappa shape index (κ3) is 3.71. The molecular weight excluding hydrogens is 222 g/mol. The second kappa shape index (κ2) is 5.63. The first-order valence-corrected chi connectivity index (χ1v) is 5.60. The monoisotopic (exact) mass is 239 g/mol. The zero-order chi connectivity index (χ0) is 12.9. The summed E-state index contributed by atoms with van der Waals surface area (Å²) in [4.78, 5) is 9.99. The summed E-state index contributed by atoms with van der Waals surface area (Å²) in [6.45, 7) is 3.98. The second-order valence-corrected chi connectivity index (χ2v) is 3.97. The molecule has 0 bridgehead atoms. The lowest BCUT2D eigenvalue weighted by atomic mass is 9.99. The molecule has 0 fully saturated rings. The Balaban J connectivity index is 2.61. The standard InChI is InChI=1S/C12H17NO4/c1-3-12(14,4-2)9-17-11-7-5-10(6-8-11)13(15)16/h5-8,14H,3-4,9H2,1-2H3. The molecule has 0 saturated heterocycles. The molecule has 0 spiro atoms. The van der Waals surface area contributed by atoms with Gasteiger partial charge in [-0.05, 0) is 25.0 Å². The first-order valence-electron chi connectivity index (χ1n) is 5.60. The highest BCUT2D eigenvalue weighted by Gasteiger charge is 2.23. The molecule has 0 aliphatic rings. The smallest absolute Gasteiger partial charge is 0.269 e. The highest BCUT2D eigenvalue weighted by Crippen LogP contribution is 2.20. The Morgan fingerprint density at radius 3 is 2.24 bits per heavy atom. The van der Waals surface area contributed by atoms with Gasteiger partial charge in [0.25, 0.3) is 5.69 Å². The van der Waals surface area contributed by atoms with Crippen LogP contribution in [0.4, 0.5) is 5.69 Å². The fourth-order valence-electron chi connectivity index (χ4n) is 1.34. The van der Waals surface area contributed by atoms with Gasteiger partial charge in [0, 0.05) is 12.1 Å². The summed E-state index contributed by atoms with van der Waals surface area (Å²) in [5.41, 5.74) is -0.805. The minimum atomic E-state index is -0.832. The van der Waals surface area contributed by atoms with Gasteiger partial charge in [-0.2, -0.15) is 0 Å². The number of aliphatic hydroxyl groups is 1. The number of hydrogen-bond donors (Lipinski definition) is 1. The molecular formula is C12H17NO4. The molecule has 5 heteroatoms. The van der Waals surface area contributed by atoms with E-state index in [2.05, 4.69) is 0 Å². The zero-order valence-corrected chi connectivity index (χ0v) is 10.0. The largest absolute Gasteiger partial charge is 0.491 e. The van der Waals surface area contributed by atoms with Gasteiger partial charge in [0.2, 0.25) is 0 Å². The summed E-state index contributed by atoms with van der Waals surface area (Å²) in [5.74, 6) is 0.524. The highest BCUT2D eigenvalue weighted by molar-refractivity contribution is 5.35. The van der Waals surface area contributed by atoms with Crippen molar-refractivity contribution in [2.24, 2.45) is 0 Å². The Kier molecular flexibility index (Phi) is 4.45. The van der Waals surface area contributed by atoms with Crippen LogP contribution in [0.25, 0.3) is 0 Å². The number of non-ortho nitro benzene ring substituents is 1. The van der Waals surface area contributed by atoms with Crippen molar-refractivity contribution in [2.75, 3.05) is 6.61 Å². The first kappa shape index (κ1) is 13.4. The molecule has 17 heavy (non-hydrogen) atoms. The maximum atomic E-state index is 10.4. The molecule has 94 valence electrons. The van der Waals surface area contributed by atoms with Crippen molar-refractivity contribution >= 4 is 5.69 Å². The molecule has 1 N–H and O–H groups in total. The van der Waals surface area contributed by atoms with Crippen LogP contribution < -0.4 is 4.74 Å². The van der Waals surface area contributed by atoms with Gasteiger partial charge in [-0.15, -0.1) is 0 Å². The molecule has 0 unspecified atom stereocenters. The van der Waals surface area contributed by atoms with Gasteiger partial charge in [-0.25, -0.2) is 0 Å². The fourth-order valence-corrected chi connectivity index (χ4v) is 1.34. The van der Waals surface area contributed by atoms with Gasteiger partial charge >= 0.3 is 0 Å². The molecule has 0 aliphatic carbocycles. The van der Waals surface area contributed by atoms with Crippen LogP contribution in [0.1, 0.15) is 26.7 Å². The topological polar surface area (TPSA) is 72.6 Å². The van der Waals surface area contributed by atoms with Crippen molar-refractivity contribution in [3.63, 3.8) is 0 Å². The van der Waals surface area contributed by atoms with E-state index in [1.54, 1.807) is 0 Å². The van der Waals surface area contributed by atoms with Crippen LogP contribution in [0.2, 0.25) is 0 Å². The van der Waals surface area contributed by atoms with E-state index in [0.717, 1.165) is 0 Å². The lowest BCUT2D eigenvalue weighted by Gasteiger charge is -2.24. The minimum absolute atomic E-state index is 0.0265. The number of benzene rings is 1. The Bertz CT molecular complexity index is 371. The molecule has 1 aromatic carbocycles. The van der Waals surface area contributed by atoms with Crippen LogP contribution in [-0.4, -0.2) is 22.2 Å². The van der Waals surface area contributed by atoms with E-state index in [4.69, 9.17) is 4.74 Å². The second-order valence-electron chi connectivity index (χ2n) is 3.97. The van der Waals surface area contributed by atoms with E-state index in [-0.39, 0.29) is 12.3 Å². The van der Waals surface area contributed by atoms with Crippen LogP contribution >= 0.6 is 0 Å². The average Bonchev–Trinajstić information content (AvgIpc) is 2.36. The maximum absolute atomic E-state index is 10.4. The molecule has 0 radical (unpaired) electrons. The molecule has 0 atom stereocenters. The first-order chi connectivity index (χ1) is 8.00. The minimum Gasteiger partial charge on any atom is -0.491 e. The SMILES string of the molecule is CCC(O)(CC)COc1ccc([N+](=O)[O-])cc1. The number of rotatable bonds is 6. The van der Waals surface area contributed by atoms with Gasteiger partial charge < -0.3 is 9.84 Å². The third-order valence-corrected chi connectivity index (χ3v) is 2.87. The van der Waals surface area contributed by atoms with Gasteiger partial charge in [0.05, 0.1) is 10.5 Å². The fraction of sp³-hybridized carbons (Fsp3) is 0.500. The van der Waals surface area contributed by atoms with Gasteiger partial charge in [-0.1, -0.05) is 13.8 Å². The predicted octanol–water partition coefficient (Wildman–Crippen LogP) is 2.52. The van der Waals surface area contributed by atoms with E-state index in [9.17, 15) is 15.2 Å². The molecule has 1 aromatic rings. The number of hydrogen-bond acceptors (Lipinski definition) is 4. The van der Waals surface area contributed by atoms with Gasteiger partial charge in [0.15, 0.2) is 0 Å². The average molecular weight is 239 g/mol. The van der Waals surface area contributed by atoms with Crippen LogP contribution in [0.3, 0.4) is 0 Å². The Morgan fingerprint density at radius 1 is 1.29 bits per heavy atom. The Hall–Kier alpha value is -1.62. The van der Waals surface area contributed by atoms with Crippen LogP contribution in [0.15, 0.2) is 24.3 Å². The van der Waals surface area contributed by atoms with E-state index in [1.165, 1.54) is 24.3 Å². The highest BCUT2D eigenvalue weighted by atomic mass is 16.6. The van der Waals surface area contributed by atoms with Crippen molar-refractivity contribution < 1.29 is 14.8 Å². The third-order valence-electron chi connectivity index (χ3n) is 2.87. The molecule has 5 nitrogen and oxygen atoms in total. The Morgan fingerprint density at radius 2 is 1.82 bits per heavy atom. The summed E-state index contributed by atoms with van der Waals surface area (Å²) in [6, 6.07) is 5.83. The summed E-state index contributed by atoms with van der Waals surface area (Å²) < 4.78 is 5.42. The quantitative estimate of drug-likeness (QED) is 0.611. The zero-order valence-electron chi connectivity index (χ0n) is 10.0. The van der Waals surface area contributed by atoms with E-state index < -0.39 is 10.5 Å². The normalized spacial score (nSPS) is 11.2. The lowest BCUT2D eigenvalue weighted by molar-refractivity contribution is -0.384. The van der Waals surface area contributed by atoms with Crippen molar-refractivity contribution in [1.82, 2.24) is 0 Å². The summed E-state index contributed by atoms with van der Waals surface area (Å²) in [5, 5.41) is 20.4. The molecule has 0 saturated carbocycles. The van der Waals surface area contributed by atoms with Crippen LogP contribution in [0.5, 0.6) is 5.75 Å². The molecule has 0 heterocycles. The van der Waals surface area contributed by atoms with Crippen LogP contribution in [0, 0.1) is 10.1 Å². The predicted molar refractivity (Wildman–Crippen MR) is 64.1 cm³/mol. The summed E-state index contributed by atoms with van der Waals surface area (Å²) >= 11 is 0. The Labute approximate surface area is 100 Å². The number of nitrogens with zero attached hydrogens (tertiary/aromatic N) is 1. The maximum Gasteiger partial charge on any atom is 0.269 e. The molecule has 0 amide bonds. The van der Waals surface area contributed by atoms with Gasteiger partial charge in [-0.3, -0.25) is 10.1 Å². The van der Waals surface area contributed by atoms with E-state index in [0.29, 0.717) is 18.6 Å². The number of nitro groups is 1.